The number of rotatable bonds is 5. The van der Waals surface area contributed by atoms with Gasteiger partial charge in [0.15, 0.2) is 0 Å². The summed E-state index contributed by atoms with van der Waals surface area (Å²) in [4.78, 5) is 23.8. The lowest BCUT2D eigenvalue weighted by molar-refractivity contribution is -0.385. The molecule has 0 atom stereocenters. The number of likely N-dealkylation sites (N-methyl/N-ethyl adjacent to an activating group) is 1. The molecule has 0 saturated carbocycles. The van der Waals surface area contributed by atoms with Crippen molar-refractivity contribution in [3.05, 3.63) is 62.8 Å². The molecule has 0 aliphatic rings. The highest BCUT2D eigenvalue weighted by atomic mass is 19.1. The third-order valence-corrected chi connectivity index (χ3v) is 3.55. The van der Waals surface area contributed by atoms with Gasteiger partial charge in [0.25, 0.3) is 5.69 Å². The molecule has 1 aromatic heterocycles. The average Bonchev–Trinajstić information content (AvgIpc) is 2.85. The van der Waals surface area contributed by atoms with E-state index < -0.39 is 16.4 Å². The SMILES string of the molecule is Cc1noc(C)c1CN(C)C(=O)C=Cc1ccc(F)cc1[N+](=O)[O-]. The van der Waals surface area contributed by atoms with Crippen molar-refractivity contribution in [3.63, 3.8) is 0 Å². The van der Waals surface area contributed by atoms with Crippen LogP contribution in [0, 0.1) is 29.8 Å². The van der Waals surface area contributed by atoms with Gasteiger partial charge in [0.05, 0.1) is 28.8 Å². The smallest absolute Gasteiger partial charge is 0.279 e. The lowest BCUT2D eigenvalue weighted by atomic mass is 10.1. The summed E-state index contributed by atoms with van der Waals surface area (Å²) in [7, 11) is 1.59. The minimum Gasteiger partial charge on any atom is -0.361 e. The molecule has 0 aliphatic heterocycles. The fourth-order valence-corrected chi connectivity index (χ4v) is 2.15. The van der Waals surface area contributed by atoms with Gasteiger partial charge in [-0.25, -0.2) is 4.39 Å². The standard InChI is InChI=1S/C16H16FN3O4/c1-10-14(11(2)24-18-10)9-19(3)16(21)7-5-12-4-6-13(17)8-15(12)20(22)23/h4-8H,9H2,1-3H3. The minimum atomic E-state index is -0.708. The van der Waals surface area contributed by atoms with E-state index in [9.17, 15) is 19.3 Å². The molecule has 24 heavy (non-hydrogen) atoms. The van der Waals surface area contributed by atoms with Gasteiger partial charge in [-0.05, 0) is 32.1 Å². The predicted octanol–water partition coefficient (Wildman–Crippen LogP) is 3.01. The van der Waals surface area contributed by atoms with Gasteiger partial charge in [-0.15, -0.1) is 0 Å². The maximum Gasteiger partial charge on any atom is 0.279 e. The zero-order valence-electron chi connectivity index (χ0n) is 13.4. The van der Waals surface area contributed by atoms with E-state index in [1.54, 1.807) is 20.9 Å². The molecular weight excluding hydrogens is 317 g/mol. The number of hydrogen-bond donors (Lipinski definition) is 0. The molecule has 1 heterocycles. The Morgan fingerprint density at radius 3 is 2.75 bits per heavy atom. The van der Waals surface area contributed by atoms with Gasteiger partial charge < -0.3 is 9.42 Å². The van der Waals surface area contributed by atoms with Crippen LogP contribution in [0.1, 0.15) is 22.6 Å². The van der Waals surface area contributed by atoms with E-state index in [0.29, 0.717) is 18.0 Å². The Morgan fingerprint density at radius 1 is 1.46 bits per heavy atom. The highest BCUT2D eigenvalue weighted by molar-refractivity contribution is 5.92. The second-order valence-corrected chi connectivity index (χ2v) is 5.29. The summed E-state index contributed by atoms with van der Waals surface area (Å²) in [6.07, 6.45) is 2.50. The summed E-state index contributed by atoms with van der Waals surface area (Å²) in [5, 5.41) is 14.8. The van der Waals surface area contributed by atoms with E-state index in [2.05, 4.69) is 5.16 Å². The van der Waals surface area contributed by atoms with E-state index in [4.69, 9.17) is 4.52 Å². The Balaban J connectivity index is 2.14. The molecule has 8 heteroatoms. The van der Waals surface area contributed by atoms with Crippen molar-refractivity contribution in [1.29, 1.82) is 0 Å². The number of amides is 1. The number of hydrogen-bond acceptors (Lipinski definition) is 5. The van der Waals surface area contributed by atoms with E-state index >= 15 is 0 Å². The third kappa shape index (κ3) is 3.83. The first kappa shape index (κ1) is 17.3. The molecule has 0 N–H and O–H groups in total. The summed E-state index contributed by atoms with van der Waals surface area (Å²) < 4.78 is 18.1. The van der Waals surface area contributed by atoms with Crippen LogP contribution in [-0.2, 0) is 11.3 Å². The third-order valence-electron chi connectivity index (χ3n) is 3.55. The van der Waals surface area contributed by atoms with Crippen LogP contribution >= 0.6 is 0 Å². The second kappa shape index (κ2) is 7.03. The number of carbonyl (C=O) groups is 1. The molecule has 0 unspecified atom stereocenters. The molecule has 0 aliphatic carbocycles. The molecule has 1 aromatic carbocycles. The first-order chi connectivity index (χ1) is 11.3. The van der Waals surface area contributed by atoms with Crippen molar-refractivity contribution in [2.45, 2.75) is 20.4 Å². The van der Waals surface area contributed by atoms with E-state index in [1.165, 1.54) is 23.1 Å². The van der Waals surface area contributed by atoms with Gasteiger partial charge in [-0.3, -0.25) is 14.9 Å². The number of nitrogens with zero attached hydrogens (tertiary/aromatic N) is 3. The minimum absolute atomic E-state index is 0.153. The van der Waals surface area contributed by atoms with Gasteiger partial charge in [0.1, 0.15) is 11.6 Å². The maximum absolute atomic E-state index is 13.1. The number of carbonyl (C=O) groups excluding carboxylic acids is 1. The van der Waals surface area contributed by atoms with Gasteiger partial charge in [0.2, 0.25) is 5.91 Å². The molecule has 0 bridgehead atoms. The van der Waals surface area contributed by atoms with Crippen LogP contribution < -0.4 is 0 Å². The van der Waals surface area contributed by atoms with Crippen LogP contribution in [-0.4, -0.2) is 27.9 Å². The zero-order valence-corrected chi connectivity index (χ0v) is 13.4. The summed E-state index contributed by atoms with van der Waals surface area (Å²) in [6.45, 7) is 3.84. The van der Waals surface area contributed by atoms with Crippen molar-refractivity contribution in [3.8, 4) is 0 Å². The van der Waals surface area contributed by atoms with Crippen molar-refractivity contribution in [2.75, 3.05) is 7.05 Å². The Morgan fingerprint density at radius 2 is 2.17 bits per heavy atom. The highest BCUT2D eigenvalue weighted by Gasteiger charge is 2.15. The topological polar surface area (TPSA) is 89.5 Å². The van der Waals surface area contributed by atoms with Gasteiger partial charge in [-0.1, -0.05) is 5.16 Å². The molecule has 0 saturated heterocycles. The largest absolute Gasteiger partial charge is 0.361 e. The Labute approximate surface area is 137 Å². The Kier molecular flexibility index (Phi) is 5.08. The number of benzene rings is 1. The molecule has 0 fully saturated rings. The summed E-state index contributed by atoms with van der Waals surface area (Å²) in [5.41, 5.74) is 1.27. The predicted molar refractivity (Wildman–Crippen MR) is 84.5 cm³/mol. The lowest BCUT2D eigenvalue weighted by Gasteiger charge is -2.14. The van der Waals surface area contributed by atoms with E-state index in [0.717, 1.165) is 17.7 Å². The highest BCUT2D eigenvalue weighted by Crippen LogP contribution is 2.21. The molecular formula is C16H16FN3O4. The molecule has 7 nitrogen and oxygen atoms in total. The van der Waals surface area contributed by atoms with Crippen LogP contribution in [0.4, 0.5) is 10.1 Å². The first-order valence-corrected chi connectivity index (χ1v) is 7.08. The number of nitro groups is 1. The normalized spacial score (nSPS) is 11.0. The monoisotopic (exact) mass is 333 g/mol. The number of nitro benzene ring substituents is 1. The van der Waals surface area contributed by atoms with Gasteiger partial charge in [0, 0.05) is 18.7 Å². The van der Waals surface area contributed by atoms with Gasteiger partial charge in [-0.2, -0.15) is 0 Å². The molecule has 0 spiro atoms. The van der Waals surface area contributed by atoms with E-state index in [1.807, 2.05) is 0 Å². The van der Waals surface area contributed by atoms with Crippen LogP contribution in [0.5, 0.6) is 0 Å². The molecule has 1 amide bonds. The Hall–Kier alpha value is -3.03. The molecule has 0 radical (unpaired) electrons. The average molecular weight is 333 g/mol. The molecule has 2 rings (SSSR count). The molecule has 2 aromatic rings. The quantitative estimate of drug-likeness (QED) is 0.477. The summed E-state index contributed by atoms with van der Waals surface area (Å²) >= 11 is 0. The van der Waals surface area contributed by atoms with Crippen LogP contribution in [0.25, 0.3) is 6.08 Å². The fraction of sp³-hybridized carbons (Fsp3) is 0.250. The number of aryl methyl sites for hydroxylation is 2. The lowest BCUT2D eigenvalue weighted by Crippen LogP contribution is -2.24. The number of halogens is 1. The van der Waals surface area contributed by atoms with Crippen LogP contribution in [0.2, 0.25) is 0 Å². The fourth-order valence-electron chi connectivity index (χ4n) is 2.15. The van der Waals surface area contributed by atoms with Gasteiger partial charge >= 0.3 is 0 Å². The van der Waals surface area contributed by atoms with Crippen LogP contribution in [0.3, 0.4) is 0 Å². The van der Waals surface area contributed by atoms with Crippen molar-refractivity contribution in [2.24, 2.45) is 0 Å². The summed E-state index contributed by atoms with van der Waals surface area (Å²) in [6, 6.07) is 3.17. The van der Waals surface area contributed by atoms with Crippen molar-refractivity contribution < 1.29 is 18.6 Å². The number of aromatic nitrogens is 1. The maximum atomic E-state index is 13.1. The Bertz CT molecular complexity index is 794. The molecule has 126 valence electrons. The van der Waals surface area contributed by atoms with Crippen molar-refractivity contribution >= 4 is 17.7 Å². The van der Waals surface area contributed by atoms with E-state index in [-0.39, 0.29) is 11.5 Å². The van der Waals surface area contributed by atoms with Crippen LogP contribution in [0.15, 0.2) is 28.8 Å². The first-order valence-electron chi connectivity index (χ1n) is 7.08. The zero-order chi connectivity index (χ0) is 17.9. The summed E-state index contributed by atoms with van der Waals surface area (Å²) in [5.74, 6) is -0.431. The van der Waals surface area contributed by atoms with Crippen molar-refractivity contribution in [1.82, 2.24) is 10.1 Å². The second-order valence-electron chi connectivity index (χ2n) is 5.29.